The molecular weight excluding hydrogens is 390 g/mol. The van der Waals surface area contributed by atoms with Crippen molar-refractivity contribution in [3.05, 3.63) is 52.1 Å². The summed E-state index contributed by atoms with van der Waals surface area (Å²) < 4.78 is 16.9. The summed E-state index contributed by atoms with van der Waals surface area (Å²) in [6, 6.07) is 9.68. The van der Waals surface area contributed by atoms with Gasteiger partial charge in [-0.3, -0.25) is 19.8 Å². The van der Waals surface area contributed by atoms with E-state index in [0.29, 0.717) is 56.3 Å². The van der Waals surface area contributed by atoms with Gasteiger partial charge in [0.15, 0.2) is 0 Å². The number of hydrogen-bond donors (Lipinski definition) is 1. The summed E-state index contributed by atoms with van der Waals surface area (Å²) in [6.45, 7) is 2.31. The Morgan fingerprint density at radius 3 is 2.37 bits per heavy atom. The Morgan fingerprint density at radius 1 is 1.03 bits per heavy atom. The Balaban J connectivity index is 1.44. The van der Waals surface area contributed by atoms with Crippen LogP contribution in [-0.2, 0) is 11.2 Å². The number of non-ortho nitro benzene ring substituents is 1. The number of likely N-dealkylation sites (N-methyl/N-ethyl adjacent to an activating group) is 1. The molecule has 1 heterocycles. The Morgan fingerprint density at radius 2 is 1.70 bits per heavy atom. The first-order valence-corrected chi connectivity index (χ1v) is 9.66. The van der Waals surface area contributed by atoms with E-state index in [9.17, 15) is 14.9 Å². The quantitative estimate of drug-likeness (QED) is 0.470. The number of hydrogen-bond acceptors (Lipinski definition) is 7. The molecule has 1 aliphatic rings. The highest BCUT2D eigenvalue weighted by Gasteiger charge is 2.22. The number of fused-ring (bicyclic) bond motifs is 1. The summed E-state index contributed by atoms with van der Waals surface area (Å²) in [5.41, 5.74) is 1.69. The van der Waals surface area contributed by atoms with Crippen molar-refractivity contribution in [1.82, 2.24) is 4.90 Å². The molecule has 160 valence electrons. The molecule has 0 saturated heterocycles. The SMILES string of the molecule is COc1ccc(OCCN(C)CCOc2ccc([N+](=O)[O-])cc2)c2c1NC(=O)CC2. The molecular formula is C21H25N3O6. The molecule has 1 aliphatic heterocycles. The molecule has 0 saturated carbocycles. The molecule has 0 aliphatic carbocycles. The molecule has 3 rings (SSSR count). The third-order valence-corrected chi connectivity index (χ3v) is 4.84. The summed E-state index contributed by atoms with van der Waals surface area (Å²) in [5, 5.41) is 13.5. The molecule has 0 fully saturated rings. The van der Waals surface area contributed by atoms with E-state index in [1.54, 1.807) is 25.3 Å². The van der Waals surface area contributed by atoms with Gasteiger partial charge < -0.3 is 19.5 Å². The van der Waals surface area contributed by atoms with Gasteiger partial charge in [0.25, 0.3) is 5.69 Å². The number of carbonyl (C=O) groups excluding carboxylic acids is 1. The maximum absolute atomic E-state index is 11.7. The van der Waals surface area contributed by atoms with Crippen molar-refractivity contribution < 1.29 is 23.9 Å². The van der Waals surface area contributed by atoms with E-state index in [0.717, 1.165) is 11.3 Å². The molecule has 2 aromatic carbocycles. The molecule has 0 bridgehead atoms. The molecule has 1 amide bonds. The van der Waals surface area contributed by atoms with E-state index in [1.165, 1.54) is 12.1 Å². The van der Waals surface area contributed by atoms with Gasteiger partial charge in [0.2, 0.25) is 5.91 Å². The maximum Gasteiger partial charge on any atom is 0.269 e. The summed E-state index contributed by atoms with van der Waals surface area (Å²) in [4.78, 5) is 24.0. The van der Waals surface area contributed by atoms with Crippen LogP contribution in [0.3, 0.4) is 0 Å². The van der Waals surface area contributed by atoms with Crippen molar-refractivity contribution >= 4 is 17.3 Å². The minimum Gasteiger partial charge on any atom is -0.495 e. The second kappa shape index (κ2) is 9.93. The van der Waals surface area contributed by atoms with E-state index in [1.807, 2.05) is 13.1 Å². The van der Waals surface area contributed by atoms with Crippen LogP contribution in [0.2, 0.25) is 0 Å². The topological polar surface area (TPSA) is 103 Å². The van der Waals surface area contributed by atoms with Crippen LogP contribution in [0, 0.1) is 10.1 Å². The summed E-state index contributed by atoms with van der Waals surface area (Å²) >= 11 is 0. The first-order chi connectivity index (χ1) is 14.5. The van der Waals surface area contributed by atoms with E-state index in [2.05, 4.69) is 10.2 Å². The largest absolute Gasteiger partial charge is 0.495 e. The predicted octanol–water partition coefficient (Wildman–Crippen LogP) is 2.88. The number of amides is 1. The van der Waals surface area contributed by atoms with Crippen molar-refractivity contribution in [3.63, 3.8) is 0 Å². The van der Waals surface area contributed by atoms with E-state index in [4.69, 9.17) is 14.2 Å². The second-order valence-corrected chi connectivity index (χ2v) is 6.92. The zero-order valence-corrected chi connectivity index (χ0v) is 17.1. The van der Waals surface area contributed by atoms with Gasteiger partial charge in [0.05, 0.1) is 17.7 Å². The fourth-order valence-electron chi connectivity index (χ4n) is 3.14. The Hall–Kier alpha value is -3.33. The lowest BCUT2D eigenvalue weighted by Crippen LogP contribution is -2.29. The average Bonchev–Trinajstić information content (AvgIpc) is 2.74. The van der Waals surface area contributed by atoms with E-state index < -0.39 is 4.92 Å². The third-order valence-electron chi connectivity index (χ3n) is 4.84. The Labute approximate surface area is 174 Å². The van der Waals surface area contributed by atoms with Crippen LogP contribution in [0.4, 0.5) is 11.4 Å². The van der Waals surface area contributed by atoms with Gasteiger partial charge in [-0.2, -0.15) is 0 Å². The molecule has 30 heavy (non-hydrogen) atoms. The number of carbonyl (C=O) groups is 1. The summed E-state index contributed by atoms with van der Waals surface area (Å²) in [5.74, 6) is 1.95. The monoisotopic (exact) mass is 415 g/mol. The minimum absolute atomic E-state index is 0.0225. The number of nitrogens with one attached hydrogen (secondary N) is 1. The number of anilines is 1. The predicted molar refractivity (Wildman–Crippen MR) is 112 cm³/mol. The zero-order chi connectivity index (χ0) is 21.5. The number of rotatable bonds is 10. The molecule has 9 heteroatoms. The summed E-state index contributed by atoms with van der Waals surface area (Å²) in [7, 11) is 3.54. The van der Waals surface area contributed by atoms with Crippen LogP contribution in [0.25, 0.3) is 0 Å². The summed E-state index contributed by atoms with van der Waals surface area (Å²) in [6.07, 6.45) is 1.04. The van der Waals surface area contributed by atoms with Crippen LogP contribution in [0.15, 0.2) is 36.4 Å². The Bertz CT molecular complexity index is 900. The van der Waals surface area contributed by atoms with Crippen LogP contribution in [-0.4, -0.2) is 56.2 Å². The van der Waals surface area contributed by atoms with Crippen molar-refractivity contribution in [1.29, 1.82) is 0 Å². The number of benzene rings is 2. The van der Waals surface area contributed by atoms with Crippen molar-refractivity contribution in [3.8, 4) is 17.2 Å². The molecule has 0 unspecified atom stereocenters. The first kappa shape index (κ1) is 21.4. The van der Waals surface area contributed by atoms with Gasteiger partial charge in [-0.05, 0) is 37.7 Å². The van der Waals surface area contributed by atoms with Crippen molar-refractivity contribution in [2.24, 2.45) is 0 Å². The zero-order valence-electron chi connectivity index (χ0n) is 17.1. The number of nitro benzene ring substituents is 1. The average molecular weight is 415 g/mol. The van der Waals surface area contributed by atoms with Gasteiger partial charge in [-0.15, -0.1) is 0 Å². The number of methoxy groups -OCH3 is 1. The van der Waals surface area contributed by atoms with Gasteiger partial charge in [-0.1, -0.05) is 0 Å². The van der Waals surface area contributed by atoms with Crippen LogP contribution < -0.4 is 19.5 Å². The number of nitrogens with zero attached hydrogens (tertiary/aromatic N) is 2. The normalized spacial score (nSPS) is 12.8. The van der Waals surface area contributed by atoms with Gasteiger partial charge in [0, 0.05) is 37.2 Å². The highest BCUT2D eigenvalue weighted by molar-refractivity contribution is 5.96. The lowest BCUT2D eigenvalue weighted by molar-refractivity contribution is -0.384. The van der Waals surface area contributed by atoms with E-state index >= 15 is 0 Å². The highest BCUT2D eigenvalue weighted by Crippen LogP contribution is 2.38. The van der Waals surface area contributed by atoms with Gasteiger partial charge in [-0.25, -0.2) is 0 Å². The van der Waals surface area contributed by atoms with Crippen LogP contribution in [0.1, 0.15) is 12.0 Å². The molecule has 0 aromatic heterocycles. The van der Waals surface area contributed by atoms with Gasteiger partial charge >= 0.3 is 0 Å². The fourth-order valence-corrected chi connectivity index (χ4v) is 3.14. The molecule has 0 radical (unpaired) electrons. The lowest BCUT2D eigenvalue weighted by Gasteiger charge is -2.23. The standard InChI is InChI=1S/C21H25N3O6/c1-23(11-13-29-16-5-3-15(4-6-16)24(26)27)12-14-30-18-8-9-19(28-2)21-17(18)7-10-20(25)22-21/h3-6,8-9H,7,10-14H2,1-2H3,(H,22,25). The maximum atomic E-state index is 11.7. The van der Waals surface area contributed by atoms with Gasteiger partial charge in [0.1, 0.15) is 30.5 Å². The highest BCUT2D eigenvalue weighted by atomic mass is 16.6. The lowest BCUT2D eigenvalue weighted by atomic mass is 10.0. The minimum atomic E-state index is -0.439. The number of ether oxygens (including phenoxy) is 3. The number of nitro groups is 1. The van der Waals surface area contributed by atoms with Crippen molar-refractivity contribution in [2.75, 3.05) is 45.8 Å². The second-order valence-electron chi connectivity index (χ2n) is 6.92. The van der Waals surface area contributed by atoms with Crippen LogP contribution >= 0.6 is 0 Å². The first-order valence-electron chi connectivity index (χ1n) is 9.66. The third kappa shape index (κ3) is 5.38. The molecule has 0 atom stereocenters. The van der Waals surface area contributed by atoms with Crippen LogP contribution in [0.5, 0.6) is 17.2 Å². The van der Waals surface area contributed by atoms with E-state index in [-0.39, 0.29) is 11.6 Å². The molecule has 0 spiro atoms. The fraction of sp³-hybridized carbons (Fsp3) is 0.381. The molecule has 1 N–H and O–H groups in total. The van der Waals surface area contributed by atoms with Crippen molar-refractivity contribution in [2.45, 2.75) is 12.8 Å². The Kier molecular flexibility index (Phi) is 7.08. The molecule has 9 nitrogen and oxygen atoms in total. The molecule has 2 aromatic rings. The smallest absolute Gasteiger partial charge is 0.269 e.